The number of carbonyl (C=O) groups excluding carboxylic acids is 1. The van der Waals surface area contributed by atoms with E-state index < -0.39 is 5.97 Å². The molecule has 0 spiro atoms. The third-order valence-electron chi connectivity index (χ3n) is 2.78. The maximum atomic E-state index is 11.3. The quantitative estimate of drug-likeness (QED) is 0.493. The zero-order chi connectivity index (χ0) is 12.0. The van der Waals surface area contributed by atoms with E-state index >= 15 is 0 Å². The summed E-state index contributed by atoms with van der Waals surface area (Å²) in [7, 11) is 0. The highest BCUT2D eigenvalue weighted by atomic mass is 16.4. The molecule has 0 aromatic rings. The number of aliphatic carboxylic acids is 1. The molecule has 2 atom stereocenters. The lowest BCUT2D eigenvalue weighted by molar-refractivity contribution is -0.141. The van der Waals surface area contributed by atoms with Gasteiger partial charge in [0.25, 0.3) is 0 Å². The van der Waals surface area contributed by atoms with E-state index in [2.05, 4.69) is 10.6 Å². The minimum Gasteiger partial charge on any atom is -0.481 e. The van der Waals surface area contributed by atoms with Gasteiger partial charge in [0.2, 0.25) is 0 Å². The van der Waals surface area contributed by atoms with Gasteiger partial charge in [0.15, 0.2) is 0 Å². The van der Waals surface area contributed by atoms with Crippen molar-refractivity contribution in [2.75, 3.05) is 13.1 Å². The minimum atomic E-state index is -0.771. The first-order valence-corrected chi connectivity index (χ1v) is 5.60. The number of hydrogen-bond acceptors (Lipinski definition) is 3. The normalized spacial score (nSPS) is 24.1. The van der Waals surface area contributed by atoms with Crippen molar-refractivity contribution >= 4 is 12.0 Å². The summed E-state index contributed by atoms with van der Waals surface area (Å²) in [6, 6.07) is -0.247. The Morgan fingerprint density at radius 2 is 2.12 bits per heavy atom. The fourth-order valence-corrected chi connectivity index (χ4v) is 1.88. The summed E-state index contributed by atoms with van der Waals surface area (Å²) < 4.78 is 0. The maximum Gasteiger partial charge on any atom is 0.315 e. The highest BCUT2D eigenvalue weighted by Crippen LogP contribution is 2.25. The van der Waals surface area contributed by atoms with Crippen LogP contribution in [0.1, 0.15) is 25.7 Å². The summed E-state index contributed by atoms with van der Waals surface area (Å²) in [6.07, 6.45) is 2.65. The Labute approximate surface area is 94.6 Å². The van der Waals surface area contributed by atoms with Crippen LogP contribution < -0.4 is 16.4 Å². The molecule has 5 N–H and O–H groups in total. The monoisotopic (exact) mass is 229 g/mol. The van der Waals surface area contributed by atoms with E-state index in [1.165, 1.54) is 0 Å². The minimum absolute atomic E-state index is 0.0148. The van der Waals surface area contributed by atoms with E-state index in [0.29, 0.717) is 25.9 Å². The summed E-state index contributed by atoms with van der Waals surface area (Å²) in [4.78, 5) is 22.0. The Bertz CT molecular complexity index is 258. The molecule has 0 unspecified atom stereocenters. The molecule has 0 saturated heterocycles. The van der Waals surface area contributed by atoms with Crippen molar-refractivity contribution in [2.45, 2.75) is 31.7 Å². The number of carbonyl (C=O) groups is 2. The molecule has 0 bridgehead atoms. The first-order chi connectivity index (χ1) is 7.63. The molecule has 0 aliphatic heterocycles. The molecule has 1 aliphatic carbocycles. The largest absolute Gasteiger partial charge is 0.481 e. The van der Waals surface area contributed by atoms with Crippen LogP contribution in [0.15, 0.2) is 0 Å². The fourth-order valence-electron chi connectivity index (χ4n) is 1.88. The van der Waals surface area contributed by atoms with Crippen LogP contribution in [0.25, 0.3) is 0 Å². The molecule has 0 heterocycles. The lowest BCUT2D eigenvalue weighted by atomic mass is 10.1. The zero-order valence-electron chi connectivity index (χ0n) is 9.24. The van der Waals surface area contributed by atoms with Crippen LogP contribution in [-0.4, -0.2) is 36.2 Å². The Balaban J connectivity index is 2.18. The molecule has 1 saturated carbocycles. The van der Waals surface area contributed by atoms with Crippen LogP contribution in [0, 0.1) is 5.92 Å². The number of rotatable bonds is 5. The van der Waals surface area contributed by atoms with Gasteiger partial charge in [0.1, 0.15) is 0 Å². The molecule has 0 aromatic heterocycles. The number of carboxylic acid groups (broad SMARTS) is 1. The van der Waals surface area contributed by atoms with Gasteiger partial charge in [-0.25, -0.2) is 4.79 Å². The Kier molecular flexibility index (Phi) is 5.04. The molecule has 92 valence electrons. The second kappa shape index (κ2) is 6.32. The van der Waals surface area contributed by atoms with Crippen LogP contribution >= 0.6 is 0 Å². The van der Waals surface area contributed by atoms with Crippen LogP contribution in [-0.2, 0) is 4.79 Å². The lowest BCUT2D eigenvalue weighted by Gasteiger charge is -2.13. The van der Waals surface area contributed by atoms with Gasteiger partial charge in [-0.3, -0.25) is 4.79 Å². The first-order valence-electron chi connectivity index (χ1n) is 5.60. The molecule has 0 radical (unpaired) electrons. The van der Waals surface area contributed by atoms with Crippen molar-refractivity contribution in [3.05, 3.63) is 0 Å². The van der Waals surface area contributed by atoms with E-state index in [4.69, 9.17) is 10.8 Å². The summed E-state index contributed by atoms with van der Waals surface area (Å²) in [5, 5.41) is 14.2. The molecule has 2 amide bonds. The second-order valence-corrected chi connectivity index (χ2v) is 4.09. The average Bonchev–Trinajstić information content (AvgIpc) is 2.66. The SMILES string of the molecule is NCCCNC(=O)N[C@H]1CC[C@@H](C(=O)O)C1. The lowest BCUT2D eigenvalue weighted by Crippen LogP contribution is -2.41. The standard InChI is InChI=1S/C10H19N3O3/c11-4-1-5-12-10(16)13-8-3-2-7(6-8)9(14)15/h7-8H,1-6,11H2,(H,14,15)(H2,12,13,16)/t7-,8+/m1/s1. The Morgan fingerprint density at radius 1 is 1.38 bits per heavy atom. The van der Waals surface area contributed by atoms with Gasteiger partial charge in [-0.15, -0.1) is 0 Å². The van der Waals surface area contributed by atoms with Crippen molar-refractivity contribution in [1.82, 2.24) is 10.6 Å². The highest BCUT2D eigenvalue weighted by molar-refractivity contribution is 5.75. The molecule has 1 fully saturated rings. The maximum absolute atomic E-state index is 11.3. The number of nitrogens with one attached hydrogen (secondary N) is 2. The smallest absolute Gasteiger partial charge is 0.315 e. The summed E-state index contributed by atoms with van der Waals surface area (Å²) in [6.45, 7) is 1.10. The predicted octanol–water partition coefficient (Wildman–Crippen LogP) is -0.112. The first kappa shape index (κ1) is 12.8. The molecule has 1 aliphatic rings. The van der Waals surface area contributed by atoms with Crippen LogP contribution in [0.2, 0.25) is 0 Å². The van der Waals surface area contributed by atoms with Gasteiger partial charge in [-0.05, 0) is 32.2 Å². The van der Waals surface area contributed by atoms with E-state index in [-0.39, 0.29) is 18.0 Å². The van der Waals surface area contributed by atoms with Gasteiger partial charge >= 0.3 is 12.0 Å². The fraction of sp³-hybridized carbons (Fsp3) is 0.800. The molecule has 6 heteroatoms. The van der Waals surface area contributed by atoms with Crippen molar-refractivity contribution in [3.63, 3.8) is 0 Å². The predicted molar refractivity (Wildman–Crippen MR) is 59.0 cm³/mol. The van der Waals surface area contributed by atoms with Gasteiger partial charge in [-0.2, -0.15) is 0 Å². The van der Waals surface area contributed by atoms with E-state index in [9.17, 15) is 9.59 Å². The average molecular weight is 229 g/mol. The Hall–Kier alpha value is -1.30. The van der Waals surface area contributed by atoms with Crippen molar-refractivity contribution in [1.29, 1.82) is 0 Å². The molecular weight excluding hydrogens is 210 g/mol. The van der Waals surface area contributed by atoms with Crippen LogP contribution in [0.4, 0.5) is 4.79 Å². The molecule has 1 rings (SSSR count). The van der Waals surface area contributed by atoms with Crippen molar-refractivity contribution < 1.29 is 14.7 Å². The highest BCUT2D eigenvalue weighted by Gasteiger charge is 2.30. The number of hydrogen-bond donors (Lipinski definition) is 4. The van der Waals surface area contributed by atoms with Crippen molar-refractivity contribution in [2.24, 2.45) is 11.7 Å². The molecule has 0 aromatic carbocycles. The summed E-state index contributed by atoms with van der Waals surface area (Å²) >= 11 is 0. The third-order valence-corrected chi connectivity index (χ3v) is 2.78. The Morgan fingerprint density at radius 3 is 2.69 bits per heavy atom. The van der Waals surface area contributed by atoms with Gasteiger partial charge < -0.3 is 21.5 Å². The number of carboxylic acids is 1. The van der Waals surface area contributed by atoms with Crippen molar-refractivity contribution in [3.8, 4) is 0 Å². The van der Waals surface area contributed by atoms with Crippen LogP contribution in [0.5, 0.6) is 0 Å². The van der Waals surface area contributed by atoms with Crippen LogP contribution in [0.3, 0.4) is 0 Å². The van der Waals surface area contributed by atoms with Gasteiger partial charge in [0.05, 0.1) is 5.92 Å². The number of amides is 2. The number of urea groups is 1. The second-order valence-electron chi connectivity index (χ2n) is 4.09. The van der Waals surface area contributed by atoms with Gasteiger partial charge in [0, 0.05) is 12.6 Å². The molecule has 16 heavy (non-hydrogen) atoms. The van der Waals surface area contributed by atoms with E-state index in [1.54, 1.807) is 0 Å². The van der Waals surface area contributed by atoms with E-state index in [1.807, 2.05) is 0 Å². The summed E-state index contributed by atoms with van der Waals surface area (Å²) in [5.41, 5.74) is 5.29. The van der Waals surface area contributed by atoms with Gasteiger partial charge in [-0.1, -0.05) is 0 Å². The number of nitrogens with two attached hydrogens (primary N) is 1. The molecule has 6 nitrogen and oxygen atoms in total. The van der Waals surface area contributed by atoms with E-state index in [0.717, 1.165) is 12.8 Å². The third kappa shape index (κ3) is 4.06. The summed E-state index contributed by atoms with van der Waals surface area (Å²) in [5.74, 6) is -1.08. The molecular formula is C10H19N3O3. The zero-order valence-corrected chi connectivity index (χ0v) is 9.24. The topological polar surface area (TPSA) is 104 Å².